The number of aryl methyl sites for hydroxylation is 1. The Kier molecular flexibility index (Phi) is 5.77. The molecule has 4 aliphatic rings. The van der Waals surface area contributed by atoms with Crippen molar-refractivity contribution in [1.82, 2.24) is 24.9 Å². The van der Waals surface area contributed by atoms with E-state index in [0.717, 1.165) is 68.4 Å². The number of ether oxygens (including phenoxy) is 1. The van der Waals surface area contributed by atoms with E-state index in [1.165, 1.54) is 0 Å². The van der Waals surface area contributed by atoms with Gasteiger partial charge in [-0.15, -0.1) is 0 Å². The van der Waals surface area contributed by atoms with Crippen LogP contribution in [0.15, 0.2) is 29.0 Å². The molecule has 4 aliphatic carbocycles. The third kappa shape index (κ3) is 4.05. The van der Waals surface area contributed by atoms with Crippen LogP contribution >= 0.6 is 23.2 Å². The molecule has 0 saturated heterocycles. The first-order chi connectivity index (χ1) is 18.8. The van der Waals surface area contributed by atoms with Crippen LogP contribution in [0.1, 0.15) is 84.8 Å². The van der Waals surface area contributed by atoms with Crippen molar-refractivity contribution in [3.8, 4) is 11.3 Å². The summed E-state index contributed by atoms with van der Waals surface area (Å²) in [6, 6.07) is 3.85. The molecule has 4 aromatic rings. The van der Waals surface area contributed by atoms with Gasteiger partial charge in [0.2, 0.25) is 0 Å². The first kappa shape index (κ1) is 25.0. The summed E-state index contributed by atoms with van der Waals surface area (Å²) in [6.45, 7) is 0.393. The fraction of sp³-hybridized carbons (Fsp3) is 0.464. The number of hydrogen-bond donors (Lipinski definition) is 1. The lowest BCUT2D eigenvalue weighted by atomic mass is 9.57. The molecule has 4 aromatic heterocycles. The Morgan fingerprint density at radius 1 is 1.13 bits per heavy atom. The van der Waals surface area contributed by atoms with Gasteiger partial charge in [0, 0.05) is 47.6 Å². The number of aromatic carboxylic acids is 1. The van der Waals surface area contributed by atoms with Crippen molar-refractivity contribution in [1.29, 1.82) is 0 Å². The average Bonchev–Trinajstić information content (AvgIpc) is 3.62. The van der Waals surface area contributed by atoms with E-state index in [9.17, 15) is 9.90 Å². The quantitative estimate of drug-likeness (QED) is 0.270. The molecule has 0 amide bonds. The van der Waals surface area contributed by atoms with Gasteiger partial charge in [-0.05, 0) is 63.5 Å². The van der Waals surface area contributed by atoms with Crippen molar-refractivity contribution in [2.45, 2.75) is 74.9 Å². The van der Waals surface area contributed by atoms with Gasteiger partial charge in [0.05, 0.1) is 27.6 Å². The zero-order valence-electron chi connectivity index (χ0n) is 21.4. The third-order valence-corrected chi connectivity index (χ3v) is 9.56. The first-order valence-corrected chi connectivity index (χ1v) is 14.0. The molecular formula is C28H27Cl2N5O4. The van der Waals surface area contributed by atoms with Gasteiger partial charge in [-0.3, -0.25) is 4.98 Å². The Morgan fingerprint density at radius 2 is 1.82 bits per heavy atom. The predicted molar refractivity (Wildman–Crippen MR) is 144 cm³/mol. The first-order valence-electron chi connectivity index (χ1n) is 13.3. The molecule has 0 unspecified atom stereocenters. The minimum atomic E-state index is -1.04. The summed E-state index contributed by atoms with van der Waals surface area (Å²) < 4.78 is 14.1. The van der Waals surface area contributed by atoms with Crippen LogP contribution in [0.2, 0.25) is 10.0 Å². The molecule has 4 fully saturated rings. The summed E-state index contributed by atoms with van der Waals surface area (Å²) in [5.74, 6) is 0.197. The number of aromatic nitrogens is 5. The fourth-order valence-electron chi connectivity index (χ4n) is 6.52. The van der Waals surface area contributed by atoms with Crippen LogP contribution in [0.5, 0.6) is 0 Å². The second kappa shape index (κ2) is 9.01. The van der Waals surface area contributed by atoms with E-state index < -0.39 is 5.97 Å². The second-order valence-electron chi connectivity index (χ2n) is 11.2. The van der Waals surface area contributed by atoms with E-state index in [2.05, 4.69) is 15.2 Å². The van der Waals surface area contributed by atoms with E-state index in [4.69, 9.17) is 37.4 Å². The standard InChI is InChI=1S/C28H27Cl2N5O4/c1-35-25-16(23(33-35)26(36)37)4-5-20(32-25)27-6-9-28(10-7-27,11-8-27)38-14-17-22(34-39-24(17)15-2-3-15)21-18(29)12-31-13-19(21)30/h4-5,12-13,15H,2-3,6-11,14H2,1H3,(H,36,37). The molecule has 11 heteroatoms. The minimum Gasteiger partial charge on any atom is -0.476 e. The normalized spacial score (nSPS) is 24.5. The molecule has 1 N–H and O–H groups in total. The largest absolute Gasteiger partial charge is 0.476 e. The number of rotatable bonds is 7. The van der Waals surface area contributed by atoms with Gasteiger partial charge >= 0.3 is 5.97 Å². The molecule has 0 aromatic carbocycles. The predicted octanol–water partition coefficient (Wildman–Crippen LogP) is 6.46. The molecule has 4 heterocycles. The van der Waals surface area contributed by atoms with Gasteiger partial charge in [-0.2, -0.15) is 5.10 Å². The maximum absolute atomic E-state index is 11.6. The van der Waals surface area contributed by atoms with E-state index >= 15 is 0 Å². The zero-order chi connectivity index (χ0) is 26.9. The van der Waals surface area contributed by atoms with E-state index in [1.807, 2.05) is 12.1 Å². The maximum Gasteiger partial charge on any atom is 0.357 e. The molecule has 9 nitrogen and oxygen atoms in total. The molecule has 2 bridgehead atoms. The van der Waals surface area contributed by atoms with Crippen LogP contribution < -0.4 is 0 Å². The Morgan fingerprint density at radius 3 is 2.46 bits per heavy atom. The SMILES string of the molecule is Cn1nc(C(=O)O)c2ccc(C34CCC(OCc5c(-c6c(Cl)cncc6Cl)noc5C5CC5)(CC3)CC4)nc21. The Labute approximate surface area is 234 Å². The number of hydrogen-bond acceptors (Lipinski definition) is 7. The summed E-state index contributed by atoms with van der Waals surface area (Å²) in [5.41, 5.74) is 3.62. The third-order valence-electron chi connectivity index (χ3n) is 8.99. The molecule has 4 saturated carbocycles. The van der Waals surface area contributed by atoms with Crippen molar-refractivity contribution >= 4 is 40.2 Å². The van der Waals surface area contributed by atoms with Gasteiger partial charge in [0.1, 0.15) is 11.5 Å². The Bertz CT molecular complexity index is 1580. The molecule has 39 heavy (non-hydrogen) atoms. The Hall–Kier alpha value is -3.01. The van der Waals surface area contributed by atoms with E-state index in [1.54, 1.807) is 24.1 Å². The summed E-state index contributed by atoms with van der Waals surface area (Å²) in [7, 11) is 1.74. The molecule has 8 rings (SSSR count). The number of carbonyl (C=O) groups is 1. The lowest BCUT2D eigenvalue weighted by molar-refractivity contribution is -0.127. The second-order valence-corrected chi connectivity index (χ2v) is 12.0. The molecule has 0 radical (unpaired) electrons. The summed E-state index contributed by atoms with van der Waals surface area (Å²) in [5, 5.41) is 19.5. The number of carboxylic acid groups (broad SMARTS) is 1. The summed E-state index contributed by atoms with van der Waals surface area (Å²) in [6.07, 6.45) is 11.0. The van der Waals surface area contributed by atoms with Crippen LogP contribution in [0.4, 0.5) is 0 Å². The smallest absolute Gasteiger partial charge is 0.357 e. The monoisotopic (exact) mass is 567 g/mol. The van der Waals surface area contributed by atoms with Crippen LogP contribution in [0, 0.1) is 0 Å². The number of pyridine rings is 2. The highest BCUT2D eigenvalue weighted by Gasteiger charge is 2.51. The summed E-state index contributed by atoms with van der Waals surface area (Å²) in [4.78, 5) is 20.6. The molecule has 202 valence electrons. The van der Waals surface area contributed by atoms with Crippen molar-refractivity contribution in [3.63, 3.8) is 0 Å². The topological polar surface area (TPSA) is 116 Å². The highest BCUT2D eigenvalue weighted by Crippen LogP contribution is 2.55. The number of nitrogens with zero attached hydrogens (tertiary/aromatic N) is 5. The molecule has 0 atom stereocenters. The fourth-order valence-corrected chi connectivity index (χ4v) is 7.07. The van der Waals surface area contributed by atoms with Gasteiger partial charge in [-0.25, -0.2) is 14.5 Å². The van der Waals surface area contributed by atoms with Crippen molar-refractivity contribution in [2.24, 2.45) is 7.05 Å². The number of halogens is 2. The lowest BCUT2D eigenvalue weighted by Crippen LogP contribution is -2.50. The van der Waals surface area contributed by atoms with Crippen molar-refractivity contribution in [2.75, 3.05) is 0 Å². The highest BCUT2D eigenvalue weighted by atomic mass is 35.5. The average molecular weight is 568 g/mol. The van der Waals surface area contributed by atoms with Crippen molar-refractivity contribution in [3.05, 3.63) is 57.3 Å². The lowest BCUT2D eigenvalue weighted by Gasteiger charge is -2.52. The highest BCUT2D eigenvalue weighted by molar-refractivity contribution is 6.38. The van der Waals surface area contributed by atoms with Gasteiger partial charge in [0.25, 0.3) is 0 Å². The molecular weight excluding hydrogens is 541 g/mol. The van der Waals surface area contributed by atoms with Crippen LogP contribution in [0.25, 0.3) is 22.3 Å². The number of carboxylic acids is 1. The van der Waals surface area contributed by atoms with Crippen LogP contribution in [0.3, 0.4) is 0 Å². The van der Waals surface area contributed by atoms with Gasteiger partial charge < -0.3 is 14.4 Å². The summed E-state index contributed by atoms with van der Waals surface area (Å²) >= 11 is 13.0. The van der Waals surface area contributed by atoms with E-state index in [-0.39, 0.29) is 16.7 Å². The minimum absolute atomic E-state index is 0.0351. The van der Waals surface area contributed by atoms with Gasteiger partial charge in [-0.1, -0.05) is 28.4 Å². The van der Waals surface area contributed by atoms with Crippen molar-refractivity contribution < 1.29 is 19.2 Å². The number of fused-ring (bicyclic) bond motifs is 4. The van der Waals surface area contributed by atoms with E-state index in [0.29, 0.717) is 44.9 Å². The maximum atomic E-state index is 11.6. The zero-order valence-corrected chi connectivity index (χ0v) is 22.9. The van der Waals surface area contributed by atoms with Crippen LogP contribution in [-0.4, -0.2) is 41.6 Å². The van der Waals surface area contributed by atoms with Crippen LogP contribution in [-0.2, 0) is 23.8 Å². The molecule has 0 spiro atoms. The molecule has 0 aliphatic heterocycles. The van der Waals surface area contributed by atoms with Gasteiger partial charge in [0.15, 0.2) is 11.3 Å². The Balaban J connectivity index is 1.13.